The van der Waals surface area contributed by atoms with Crippen molar-refractivity contribution in [3.63, 3.8) is 0 Å². The summed E-state index contributed by atoms with van der Waals surface area (Å²) in [7, 11) is 0. The highest BCUT2D eigenvalue weighted by atomic mass is 16.6. The fourth-order valence-electron chi connectivity index (χ4n) is 2.20. The van der Waals surface area contributed by atoms with Gasteiger partial charge in [0, 0.05) is 11.6 Å². The first-order chi connectivity index (χ1) is 9.16. The third-order valence-electron chi connectivity index (χ3n) is 3.20. The Balaban J connectivity index is 2.13. The van der Waals surface area contributed by atoms with Gasteiger partial charge in [-0.2, -0.15) is 0 Å². The Morgan fingerprint density at radius 3 is 2.89 bits per heavy atom. The van der Waals surface area contributed by atoms with Gasteiger partial charge in [-0.25, -0.2) is 0 Å². The van der Waals surface area contributed by atoms with Crippen molar-refractivity contribution in [2.45, 2.75) is 32.3 Å². The van der Waals surface area contributed by atoms with Gasteiger partial charge < -0.3 is 4.74 Å². The first-order valence-electron chi connectivity index (χ1n) is 6.43. The number of ether oxygens (including phenoxy) is 1. The van der Waals surface area contributed by atoms with Crippen molar-refractivity contribution in [3.05, 3.63) is 57.8 Å². The van der Waals surface area contributed by atoms with E-state index in [0.717, 1.165) is 24.6 Å². The number of hydrogen-bond donors (Lipinski definition) is 0. The fourth-order valence-corrected chi connectivity index (χ4v) is 2.20. The van der Waals surface area contributed by atoms with Crippen LogP contribution >= 0.6 is 0 Å². The van der Waals surface area contributed by atoms with E-state index in [2.05, 4.69) is 6.08 Å². The molecule has 0 heterocycles. The standard InChI is InChI=1S/C15H17NO3/c1-12(13-6-2-3-7-13)19-15-9-5-4-8-14(15)10-11-16(17)18/h4-6,8-12H,2-3,7H2,1H3. The second-order valence-electron chi connectivity index (χ2n) is 4.57. The Hall–Kier alpha value is -2.10. The van der Waals surface area contributed by atoms with Gasteiger partial charge in [-0.3, -0.25) is 10.1 Å². The van der Waals surface area contributed by atoms with E-state index in [9.17, 15) is 10.1 Å². The number of allylic oxidation sites excluding steroid dienone is 1. The number of benzene rings is 1. The highest BCUT2D eigenvalue weighted by molar-refractivity contribution is 5.56. The maximum atomic E-state index is 10.4. The minimum absolute atomic E-state index is 0.0210. The third kappa shape index (κ3) is 3.68. The molecule has 1 aliphatic carbocycles. The van der Waals surface area contributed by atoms with E-state index in [0.29, 0.717) is 5.75 Å². The van der Waals surface area contributed by atoms with Gasteiger partial charge in [0.05, 0.1) is 4.92 Å². The average Bonchev–Trinajstić information content (AvgIpc) is 2.91. The Kier molecular flexibility index (Phi) is 4.34. The first kappa shape index (κ1) is 13.3. The third-order valence-corrected chi connectivity index (χ3v) is 3.20. The molecule has 0 aliphatic heterocycles. The van der Waals surface area contributed by atoms with Gasteiger partial charge in [0.1, 0.15) is 11.9 Å². The summed E-state index contributed by atoms with van der Waals surface area (Å²) in [5, 5.41) is 10.4. The van der Waals surface area contributed by atoms with Crippen LogP contribution in [0.15, 0.2) is 42.1 Å². The summed E-state index contributed by atoms with van der Waals surface area (Å²) < 4.78 is 5.92. The van der Waals surface area contributed by atoms with Crippen LogP contribution in [0.2, 0.25) is 0 Å². The summed E-state index contributed by atoms with van der Waals surface area (Å²) in [5.74, 6) is 0.681. The molecule has 1 aromatic carbocycles. The largest absolute Gasteiger partial charge is 0.486 e. The number of nitrogens with zero attached hydrogens (tertiary/aromatic N) is 1. The molecule has 0 bridgehead atoms. The quantitative estimate of drug-likeness (QED) is 0.459. The molecular formula is C15H17NO3. The predicted octanol–water partition coefficient (Wildman–Crippen LogP) is 3.81. The second kappa shape index (κ2) is 6.18. The normalized spacial score (nSPS) is 16.4. The van der Waals surface area contributed by atoms with E-state index in [4.69, 9.17) is 4.74 Å². The zero-order valence-electron chi connectivity index (χ0n) is 10.9. The van der Waals surface area contributed by atoms with Crippen LogP contribution in [0.25, 0.3) is 6.08 Å². The zero-order valence-corrected chi connectivity index (χ0v) is 10.9. The summed E-state index contributed by atoms with van der Waals surface area (Å²) in [6.07, 6.45) is 8.02. The smallest absolute Gasteiger partial charge is 0.235 e. The molecule has 19 heavy (non-hydrogen) atoms. The van der Waals surface area contributed by atoms with Crippen LogP contribution in [0.5, 0.6) is 5.75 Å². The lowest BCUT2D eigenvalue weighted by atomic mass is 10.1. The summed E-state index contributed by atoms with van der Waals surface area (Å²) in [4.78, 5) is 9.91. The average molecular weight is 259 g/mol. The molecule has 4 heteroatoms. The van der Waals surface area contributed by atoms with Crippen molar-refractivity contribution in [1.82, 2.24) is 0 Å². The number of rotatable bonds is 5. The molecule has 0 saturated carbocycles. The molecule has 0 fully saturated rings. The van der Waals surface area contributed by atoms with Gasteiger partial charge in [-0.1, -0.05) is 24.3 Å². The number of nitro groups is 1. The van der Waals surface area contributed by atoms with Gasteiger partial charge in [0.25, 0.3) is 0 Å². The molecule has 0 spiro atoms. The fraction of sp³-hybridized carbons (Fsp3) is 0.333. The molecule has 1 aliphatic rings. The van der Waals surface area contributed by atoms with E-state index in [1.165, 1.54) is 18.1 Å². The number of para-hydroxylation sites is 1. The van der Waals surface area contributed by atoms with Crippen molar-refractivity contribution in [2.75, 3.05) is 0 Å². The SMILES string of the molecule is CC(Oc1ccccc1C=C[N+](=O)[O-])C1=CCCC1. The highest BCUT2D eigenvalue weighted by Crippen LogP contribution is 2.27. The van der Waals surface area contributed by atoms with Crippen molar-refractivity contribution in [1.29, 1.82) is 0 Å². The lowest BCUT2D eigenvalue weighted by molar-refractivity contribution is -0.400. The molecule has 0 N–H and O–H groups in total. The van der Waals surface area contributed by atoms with Gasteiger partial charge in [-0.15, -0.1) is 0 Å². The Bertz CT molecular complexity index is 520. The van der Waals surface area contributed by atoms with Crippen molar-refractivity contribution in [3.8, 4) is 5.75 Å². The van der Waals surface area contributed by atoms with E-state index in [-0.39, 0.29) is 6.10 Å². The van der Waals surface area contributed by atoms with Gasteiger partial charge in [0.2, 0.25) is 6.20 Å². The lowest BCUT2D eigenvalue weighted by Crippen LogP contribution is -2.14. The van der Waals surface area contributed by atoms with E-state index in [1.54, 1.807) is 0 Å². The molecule has 1 atom stereocenters. The van der Waals surface area contributed by atoms with Crippen LogP contribution in [0, 0.1) is 10.1 Å². The number of hydrogen-bond acceptors (Lipinski definition) is 3. The summed E-state index contributed by atoms with van der Waals surface area (Å²) in [5.41, 5.74) is 2.04. The molecule has 1 unspecified atom stereocenters. The second-order valence-corrected chi connectivity index (χ2v) is 4.57. The molecule has 0 radical (unpaired) electrons. The van der Waals surface area contributed by atoms with E-state index in [1.807, 2.05) is 31.2 Å². The Morgan fingerprint density at radius 1 is 1.42 bits per heavy atom. The Labute approximate surface area is 112 Å². The summed E-state index contributed by atoms with van der Waals surface area (Å²) in [6.45, 7) is 2.02. The Morgan fingerprint density at radius 2 is 2.21 bits per heavy atom. The molecule has 2 rings (SSSR count). The molecule has 100 valence electrons. The minimum atomic E-state index is -0.473. The minimum Gasteiger partial charge on any atom is -0.486 e. The van der Waals surface area contributed by atoms with Crippen LogP contribution in [0.3, 0.4) is 0 Å². The molecule has 0 amide bonds. The first-order valence-corrected chi connectivity index (χ1v) is 6.43. The maximum absolute atomic E-state index is 10.4. The summed E-state index contributed by atoms with van der Waals surface area (Å²) >= 11 is 0. The molecule has 1 aromatic rings. The monoisotopic (exact) mass is 259 g/mol. The van der Waals surface area contributed by atoms with Gasteiger partial charge in [0.15, 0.2) is 0 Å². The molecule has 4 nitrogen and oxygen atoms in total. The van der Waals surface area contributed by atoms with Crippen LogP contribution in [0.4, 0.5) is 0 Å². The molecule has 0 aromatic heterocycles. The molecular weight excluding hydrogens is 242 g/mol. The zero-order chi connectivity index (χ0) is 13.7. The van der Waals surface area contributed by atoms with Gasteiger partial charge >= 0.3 is 0 Å². The lowest BCUT2D eigenvalue weighted by Gasteiger charge is -2.17. The predicted molar refractivity (Wildman–Crippen MR) is 74.5 cm³/mol. The van der Waals surface area contributed by atoms with Crippen LogP contribution in [0.1, 0.15) is 31.7 Å². The topological polar surface area (TPSA) is 52.4 Å². The van der Waals surface area contributed by atoms with Crippen LogP contribution in [-0.4, -0.2) is 11.0 Å². The van der Waals surface area contributed by atoms with Crippen LogP contribution in [-0.2, 0) is 0 Å². The van der Waals surface area contributed by atoms with Gasteiger partial charge in [-0.05, 0) is 37.8 Å². The van der Waals surface area contributed by atoms with Crippen molar-refractivity contribution >= 4 is 6.08 Å². The molecule has 0 saturated heterocycles. The van der Waals surface area contributed by atoms with Crippen molar-refractivity contribution < 1.29 is 9.66 Å². The van der Waals surface area contributed by atoms with Crippen molar-refractivity contribution in [2.24, 2.45) is 0 Å². The van der Waals surface area contributed by atoms with Crippen LogP contribution < -0.4 is 4.74 Å². The van der Waals surface area contributed by atoms with E-state index < -0.39 is 4.92 Å². The maximum Gasteiger partial charge on any atom is 0.235 e. The van der Waals surface area contributed by atoms with E-state index >= 15 is 0 Å². The highest BCUT2D eigenvalue weighted by Gasteiger charge is 2.15. The summed E-state index contributed by atoms with van der Waals surface area (Å²) in [6, 6.07) is 7.36.